The van der Waals surface area contributed by atoms with E-state index in [1.807, 2.05) is 0 Å². The molecule has 1 aromatic carbocycles. The Labute approximate surface area is 166 Å². The van der Waals surface area contributed by atoms with Crippen molar-refractivity contribution in [2.75, 3.05) is 13.1 Å². The van der Waals surface area contributed by atoms with Crippen molar-refractivity contribution in [1.29, 1.82) is 0 Å². The third-order valence-electron chi connectivity index (χ3n) is 4.79. The Morgan fingerprint density at radius 3 is 2.43 bits per heavy atom. The summed E-state index contributed by atoms with van der Waals surface area (Å²) in [5.74, 6) is 0.506. The summed E-state index contributed by atoms with van der Waals surface area (Å²) in [4.78, 5) is 22.4. The number of amides is 1. The van der Waals surface area contributed by atoms with Crippen molar-refractivity contribution >= 4 is 17.7 Å². The maximum Gasteiger partial charge on any atom is 0.433 e. The summed E-state index contributed by atoms with van der Waals surface area (Å²) in [6.07, 6.45) is -2.69. The molecule has 8 heteroatoms. The molecule has 0 saturated carbocycles. The van der Waals surface area contributed by atoms with Gasteiger partial charge in [-0.2, -0.15) is 13.2 Å². The van der Waals surface area contributed by atoms with Gasteiger partial charge in [0.2, 0.25) is 5.91 Å². The second-order valence-electron chi connectivity index (χ2n) is 7.05. The number of piperidine rings is 1. The van der Waals surface area contributed by atoms with Gasteiger partial charge in [-0.25, -0.2) is 9.97 Å². The number of hydrogen-bond donors (Lipinski definition) is 0. The molecule has 0 spiro atoms. The van der Waals surface area contributed by atoms with Crippen LogP contribution in [0, 0.1) is 5.92 Å². The Bertz CT molecular complexity index is 821. The number of carbonyl (C=O) groups is 1. The second kappa shape index (κ2) is 8.51. The lowest BCUT2D eigenvalue weighted by Gasteiger charge is -2.31. The van der Waals surface area contributed by atoms with Crippen molar-refractivity contribution in [2.24, 2.45) is 5.92 Å². The highest BCUT2D eigenvalue weighted by atomic mass is 32.2. The van der Waals surface area contributed by atoms with Gasteiger partial charge < -0.3 is 4.90 Å². The van der Waals surface area contributed by atoms with Crippen LogP contribution in [0.15, 0.2) is 41.6 Å². The van der Waals surface area contributed by atoms with Crippen LogP contribution in [0.1, 0.15) is 32.4 Å². The van der Waals surface area contributed by atoms with Crippen LogP contribution in [0.2, 0.25) is 0 Å². The lowest BCUT2D eigenvalue weighted by molar-refractivity contribution is -0.141. The van der Waals surface area contributed by atoms with Gasteiger partial charge in [0.05, 0.1) is 10.9 Å². The Hall–Kier alpha value is -2.09. The minimum atomic E-state index is -4.59. The van der Waals surface area contributed by atoms with Crippen molar-refractivity contribution in [3.63, 3.8) is 0 Å². The number of hydrogen-bond acceptors (Lipinski definition) is 4. The standard InChI is InChI=1S/C20H22F3N3OS/c1-13-8-10-26(11-9-13)18(27)14(2)28-19-24-16(15-6-4-3-5-7-15)12-17(25-19)20(21,22)23/h3-7,12-14H,8-11H2,1-2H3/t14-/m0/s1. The zero-order valence-electron chi connectivity index (χ0n) is 15.7. The van der Waals surface area contributed by atoms with Gasteiger partial charge in [0.1, 0.15) is 5.69 Å². The molecule has 1 atom stereocenters. The van der Waals surface area contributed by atoms with E-state index in [0.29, 0.717) is 24.6 Å². The molecule has 2 heterocycles. The van der Waals surface area contributed by atoms with E-state index in [4.69, 9.17) is 0 Å². The van der Waals surface area contributed by atoms with Gasteiger partial charge >= 0.3 is 6.18 Å². The first-order valence-electron chi connectivity index (χ1n) is 9.21. The van der Waals surface area contributed by atoms with Crippen LogP contribution < -0.4 is 0 Å². The monoisotopic (exact) mass is 409 g/mol. The first kappa shape index (κ1) is 20.6. The molecule has 1 fully saturated rings. The van der Waals surface area contributed by atoms with Crippen LogP contribution in [0.25, 0.3) is 11.3 Å². The molecule has 1 aliphatic heterocycles. The Morgan fingerprint density at radius 1 is 1.18 bits per heavy atom. The lowest BCUT2D eigenvalue weighted by atomic mass is 9.99. The predicted octanol–water partition coefficient (Wildman–Crippen LogP) is 4.90. The van der Waals surface area contributed by atoms with Gasteiger partial charge in [0.25, 0.3) is 0 Å². The summed E-state index contributed by atoms with van der Waals surface area (Å²) in [7, 11) is 0. The lowest BCUT2D eigenvalue weighted by Crippen LogP contribution is -2.41. The van der Waals surface area contributed by atoms with Crippen LogP contribution in [0.5, 0.6) is 0 Å². The van der Waals surface area contributed by atoms with E-state index >= 15 is 0 Å². The summed E-state index contributed by atoms with van der Waals surface area (Å²) in [5.41, 5.74) is -0.242. The fourth-order valence-electron chi connectivity index (χ4n) is 3.07. The van der Waals surface area contributed by atoms with Crippen molar-refractivity contribution in [1.82, 2.24) is 14.9 Å². The smallest absolute Gasteiger partial charge is 0.342 e. The molecule has 1 aliphatic rings. The second-order valence-corrected chi connectivity index (χ2v) is 8.36. The fraction of sp³-hybridized carbons (Fsp3) is 0.450. The summed E-state index contributed by atoms with van der Waals surface area (Å²) >= 11 is 0.972. The van der Waals surface area contributed by atoms with E-state index in [1.54, 1.807) is 42.2 Å². The molecule has 28 heavy (non-hydrogen) atoms. The third kappa shape index (κ3) is 5.04. The van der Waals surface area contributed by atoms with E-state index < -0.39 is 17.1 Å². The molecule has 0 unspecified atom stereocenters. The van der Waals surface area contributed by atoms with Crippen molar-refractivity contribution in [3.05, 3.63) is 42.1 Å². The minimum absolute atomic E-state index is 0.0418. The van der Waals surface area contributed by atoms with Gasteiger partial charge in [-0.1, -0.05) is 49.0 Å². The first-order chi connectivity index (χ1) is 13.2. The largest absolute Gasteiger partial charge is 0.433 e. The molecule has 1 saturated heterocycles. The average Bonchev–Trinajstić information content (AvgIpc) is 2.68. The van der Waals surface area contributed by atoms with Crippen LogP contribution in [-0.2, 0) is 11.0 Å². The zero-order valence-corrected chi connectivity index (χ0v) is 16.6. The number of thioether (sulfide) groups is 1. The highest BCUT2D eigenvalue weighted by molar-refractivity contribution is 8.00. The van der Waals surface area contributed by atoms with Crippen LogP contribution >= 0.6 is 11.8 Å². The highest BCUT2D eigenvalue weighted by Crippen LogP contribution is 2.33. The molecule has 1 amide bonds. The van der Waals surface area contributed by atoms with Crippen molar-refractivity contribution in [3.8, 4) is 11.3 Å². The fourth-order valence-corrected chi connectivity index (χ4v) is 3.94. The molecule has 0 radical (unpaired) electrons. The number of nitrogens with zero attached hydrogens (tertiary/aromatic N) is 3. The summed E-state index contributed by atoms with van der Waals surface area (Å²) in [5, 5.41) is -0.597. The summed E-state index contributed by atoms with van der Waals surface area (Å²) < 4.78 is 39.9. The van der Waals surface area contributed by atoms with Crippen LogP contribution in [0.3, 0.4) is 0 Å². The van der Waals surface area contributed by atoms with E-state index in [-0.39, 0.29) is 16.8 Å². The van der Waals surface area contributed by atoms with E-state index in [9.17, 15) is 18.0 Å². The normalized spacial score (nSPS) is 16.8. The molecule has 0 bridgehead atoms. The molecule has 4 nitrogen and oxygen atoms in total. The Kier molecular flexibility index (Phi) is 6.27. The van der Waals surface area contributed by atoms with Gasteiger partial charge in [0.15, 0.2) is 5.16 Å². The number of aromatic nitrogens is 2. The highest BCUT2D eigenvalue weighted by Gasteiger charge is 2.34. The molecule has 150 valence electrons. The third-order valence-corrected chi connectivity index (χ3v) is 5.74. The number of likely N-dealkylation sites (tertiary alicyclic amines) is 1. The molecule has 1 aromatic heterocycles. The van der Waals surface area contributed by atoms with E-state index in [2.05, 4.69) is 16.9 Å². The van der Waals surface area contributed by atoms with Crippen LogP contribution in [0.4, 0.5) is 13.2 Å². The maximum atomic E-state index is 13.3. The summed E-state index contributed by atoms with van der Waals surface area (Å²) in [6.45, 7) is 5.21. The zero-order chi connectivity index (χ0) is 20.3. The van der Waals surface area contributed by atoms with Gasteiger partial charge in [-0.05, 0) is 31.7 Å². The van der Waals surface area contributed by atoms with Gasteiger partial charge in [0, 0.05) is 18.7 Å². The van der Waals surface area contributed by atoms with Crippen molar-refractivity contribution < 1.29 is 18.0 Å². The molecular formula is C20H22F3N3OS. The predicted molar refractivity (Wildman–Crippen MR) is 103 cm³/mol. The minimum Gasteiger partial charge on any atom is -0.342 e. The molecule has 0 aliphatic carbocycles. The number of carbonyl (C=O) groups excluding carboxylic acids is 1. The number of alkyl halides is 3. The van der Waals surface area contributed by atoms with Crippen molar-refractivity contribution in [2.45, 2.75) is 43.3 Å². The topological polar surface area (TPSA) is 46.1 Å². The van der Waals surface area contributed by atoms with Gasteiger partial charge in [-0.15, -0.1) is 0 Å². The van der Waals surface area contributed by atoms with E-state index in [0.717, 1.165) is 30.7 Å². The quantitative estimate of drug-likeness (QED) is 0.532. The SMILES string of the molecule is CC1CCN(C(=O)[C@H](C)Sc2nc(-c3ccccc3)cc(C(F)(F)F)n2)CC1. The molecular weight excluding hydrogens is 387 g/mol. The average molecular weight is 409 g/mol. The molecule has 2 aromatic rings. The Morgan fingerprint density at radius 2 is 1.82 bits per heavy atom. The summed E-state index contributed by atoms with van der Waals surface area (Å²) in [6, 6.07) is 9.59. The molecule has 3 rings (SSSR count). The van der Waals surface area contributed by atoms with E-state index in [1.165, 1.54) is 0 Å². The number of rotatable bonds is 4. The Balaban J connectivity index is 1.83. The number of benzene rings is 1. The first-order valence-corrected chi connectivity index (χ1v) is 10.1. The van der Waals surface area contributed by atoms with Gasteiger partial charge in [-0.3, -0.25) is 4.79 Å². The number of halogens is 3. The van der Waals surface area contributed by atoms with Crippen LogP contribution in [-0.4, -0.2) is 39.1 Å². The maximum absolute atomic E-state index is 13.3. The molecule has 0 N–H and O–H groups in total.